The van der Waals surface area contributed by atoms with E-state index in [0.717, 1.165) is 37.3 Å². The molecule has 0 spiro atoms. The minimum absolute atomic E-state index is 0. The van der Waals surface area contributed by atoms with Gasteiger partial charge in [-0.15, -0.1) is 24.8 Å². The molecule has 0 bridgehead atoms. The fraction of sp³-hybridized carbons (Fsp3) is 0.250. The number of anilines is 3. The van der Waals surface area contributed by atoms with Crippen molar-refractivity contribution >= 4 is 41.9 Å². The van der Waals surface area contributed by atoms with Gasteiger partial charge in [0.2, 0.25) is 0 Å². The lowest BCUT2D eigenvalue weighted by Gasteiger charge is -2.32. The topological polar surface area (TPSA) is 55.3 Å². The highest BCUT2D eigenvalue weighted by Crippen LogP contribution is 2.32. The van der Waals surface area contributed by atoms with Crippen molar-refractivity contribution in [3.05, 3.63) is 53.6 Å². The monoisotopic (exact) mass is 325 g/mol. The van der Waals surface area contributed by atoms with Crippen LogP contribution < -0.4 is 16.4 Å². The first-order valence-electron chi connectivity index (χ1n) is 6.71. The van der Waals surface area contributed by atoms with Gasteiger partial charge in [0.15, 0.2) is 0 Å². The SMILES string of the molecule is Cl.Cl.Nc1cccc(CN2CCCc3c(N)cccc32)c1. The molecule has 0 unspecified atom stereocenters. The molecule has 0 radical (unpaired) electrons. The molecular formula is C16H21Cl2N3. The summed E-state index contributed by atoms with van der Waals surface area (Å²) in [6.45, 7) is 1.97. The summed E-state index contributed by atoms with van der Waals surface area (Å²) in [7, 11) is 0. The molecule has 1 heterocycles. The van der Waals surface area contributed by atoms with Crippen molar-refractivity contribution in [2.75, 3.05) is 22.9 Å². The minimum atomic E-state index is 0. The van der Waals surface area contributed by atoms with Gasteiger partial charge in [-0.2, -0.15) is 0 Å². The predicted molar refractivity (Wildman–Crippen MR) is 95.6 cm³/mol. The zero-order chi connectivity index (χ0) is 13.2. The van der Waals surface area contributed by atoms with Crippen molar-refractivity contribution in [2.24, 2.45) is 0 Å². The van der Waals surface area contributed by atoms with E-state index in [1.807, 2.05) is 30.3 Å². The van der Waals surface area contributed by atoms with Crippen molar-refractivity contribution in [3.63, 3.8) is 0 Å². The Morgan fingerprint density at radius 3 is 2.52 bits per heavy atom. The van der Waals surface area contributed by atoms with Crippen LogP contribution in [0.25, 0.3) is 0 Å². The summed E-state index contributed by atoms with van der Waals surface area (Å²) in [4.78, 5) is 2.39. The molecule has 0 atom stereocenters. The van der Waals surface area contributed by atoms with Crippen molar-refractivity contribution in [1.29, 1.82) is 0 Å². The molecule has 1 aliphatic rings. The number of benzene rings is 2. The van der Waals surface area contributed by atoms with E-state index in [1.165, 1.54) is 16.8 Å². The van der Waals surface area contributed by atoms with Gasteiger partial charge < -0.3 is 16.4 Å². The van der Waals surface area contributed by atoms with Crippen molar-refractivity contribution < 1.29 is 0 Å². The summed E-state index contributed by atoms with van der Waals surface area (Å²) in [5.41, 5.74) is 17.5. The van der Waals surface area contributed by atoms with Crippen LogP contribution in [0, 0.1) is 0 Å². The van der Waals surface area contributed by atoms with E-state index in [2.05, 4.69) is 17.0 Å². The van der Waals surface area contributed by atoms with Crippen molar-refractivity contribution in [1.82, 2.24) is 0 Å². The Morgan fingerprint density at radius 1 is 1.00 bits per heavy atom. The van der Waals surface area contributed by atoms with Crippen LogP contribution in [0.2, 0.25) is 0 Å². The Morgan fingerprint density at radius 2 is 1.76 bits per heavy atom. The lowest BCUT2D eigenvalue weighted by atomic mass is 9.99. The Hall–Kier alpha value is -1.58. The normalized spacial score (nSPS) is 12.9. The van der Waals surface area contributed by atoms with Gasteiger partial charge in [-0.1, -0.05) is 18.2 Å². The van der Waals surface area contributed by atoms with Crippen LogP contribution in [-0.2, 0) is 13.0 Å². The van der Waals surface area contributed by atoms with Crippen LogP contribution in [0.5, 0.6) is 0 Å². The Bertz CT molecular complexity index is 602. The van der Waals surface area contributed by atoms with Crippen LogP contribution in [0.3, 0.4) is 0 Å². The second-order valence-electron chi connectivity index (χ2n) is 5.12. The molecular weight excluding hydrogens is 305 g/mol. The first kappa shape index (κ1) is 17.5. The maximum atomic E-state index is 6.07. The number of nitrogens with zero attached hydrogens (tertiary/aromatic N) is 1. The molecule has 4 N–H and O–H groups in total. The summed E-state index contributed by atoms with van der Waals surface area (Å²) in [6, 6.07) is 14.3. The lowest BCUT2D eigenvalue weighted by Crippen LogP contribution is -2.29. The molecule has 0 aromatic heterocycles. The number of hydrogen-bond acceptors (Lipinski definition) is 3. The molecule has 2 aromatic carbocycles. The Kier molecular flexibility index (Phi) is 6.19. The van der Waals surface area contributed by atoms with Crippen molar-refractivity contribution in [3.8, 4) is 0 Å². The summed E-state index contributed by atoms with van der Waals surface area (Å²) >= 11 is 0. The number of rotatable bonds is 2. The first-order valence-corrected chi connectivity index (χ1v) is 6.71. The van der Waals surface area contributed by atoms with Gasteiger partial charge in [0, 0.05) is 30.2 Å². The highest BCUT2D eigenvalue weighted by atomic mass is 35.5. The molecule has 0 aliphatic carbocycles. The third-order valence-corrected chi connectivity index (χ3v) is 3.71. The molecule has 5 heteroatoms. The second-order valence-corrected chi connectivity index (χ2v) is 5.12. The number of nitrogens with two attached hydrogens (primary N) is 2. The van der Waals surface area contributed by atoms with Crippen LogP contribution in [-0.4, -0.2) is 6.54 Å². The molecule has 0 fully saturated rings. The zero-order valence-electron chi connectivity index (χ0n) is 11.8. The van der Waals surface area contributed by atoms with Gasteiger partial charge in [-0.05, 0) is 48.2 Å². The number of fused-ring (bicyclic) bond motifs is 1. The van der Waals surface area contributed by atoms with E-state index in [9.17, 15) is 0 Å². The van der Waals surface area contributed by atoms with E-state index < -0.39 is 0 Å². The lowest BCUT2D eigenvalue weighted by molar-refractivity contribution is 0.692. The van der Waals surface area contributed by atoms with Gasteiger partial charge in [0.1, 0.15) is 0 Å². The Labute approximate surface area is 138 Å². The van der Waals surface area contributed by atoms with E-state index >= 15 is 0 Å². The molecule has 2 aromatic rings. The molecule has 114 valence electrons. The average Bonchev–Trinajstić information content (AvgIpc) is 2.40. The van der Waals surface area contributed by atoms with Crippen LogP contribution in [0.15, 0.2) is 42.5 Å². The third-order valence-electron chi connectivity index (χ3n) is 3.71. The maximum absolute atomic E-state index is 6.07. The number of hydrogen-bond donors (Lipinski definition) is 2. The summed E-state index contributed by atoms with van der Waals surface area (Å²) in [6.07, 6.45) is 2.24. The van der Waals surface area contributed by atoms with Crippen LogP contribution in [0.1, 0.15) is 17.5 Å². The van der Waals surface area contributed by atoms with Gasteiger partial charge >= 0.3 is 0 Å². The third kappa shape index (κ3) is 3.74. The maximum Gasteiger partial charge on any atom is 0.0430 e. The minimum Gasteiger partial charge on any atom is -0.399 e. The zero-order valence-corrected chi connectivity index (χ0v) is 13.4. The van der Waals surface area contributed by atoms with E-state index in [-0.39, 0.29) is 24.8 Å². The highest BCUT2D eigenvalue weighted by molar-refractivity contribution is 5.85. The van der Waals surface area contributed by atoms with E-state index in [1.54, 1.807) is 0 Å². The largest absolute Gasteiger partial charge is 0.399 e. The molecule has 0 saturated carbocycles. The fourth-order valence-corrected chi connectivity index (χ4v) is 2.80. The quantitative estimate of drug-likeness (QED) is 0.828. The van der Waals surface area contributed by atoms with Gasteiger partial charge in [0.05, 0.1) is 0 Å². The van der Waals surface area contributed by atoms with E-state index in [0.29, 0.717) is 0 Å². The van der Waals surface area contributed by atoms with Gasteiger partial charge in [-0.25, -0.2) is 0 Å². The summed E-state index contributed by atoms with van der Waals surface area (Å²) in [5.74, 6) is 0. The van der Waals surface area contributed by atoms with Crippen LogP contribution >= 0.6 is 24.8 Å². The highest BCUT2D eigenvalue weighted by Gasteiger charge is 2.18. The molecule has 3 rings (SSSR count). The average molecular weight is 326 g/mol. The fourth-order valence-electron chi connectivity index (χ4n) is 2.80. The Balaban J connectivity index is 0.00000110. The summed E-state index contributed by atoms with van der Waals surface area (Å²) in [5, 5.41) is 0. The standard InChI is InChI=1S/C16H19N3.2ClH/c17-13-5-1-4-12(10-13)11-19-9-3-6-14-15(18)7-2-8-16(14)19;;/h1-2,4-5,7-8,10H,3,6,9,11,17-18H2;2*1H. The van der Waals surface area contributed by atoms with Gasteiger partial charge in [0.25, 0.3) is 0 Å². The molecule has 1 aliphatic heterocycles. The number of nitrogen functional groups attached to an aromatic ring is 2. The first-order chi connectivity index (χ1) is 9.24. The van der Waals surface area contributed by atoms with E-state index in [4.69, 9.17) is 11.5 Å². The molecule has 3 nitrogen and oxygen atoms in total. The number of halogens is 2. The van der Waals surface area contributed by atoms with Crippen molar-refractivity contribution in [2.45, 2.75) is 19.4 Å². The van der Waals surface area contributed by atoms with Gasteiger partial charge in [-0.3, -0.25) is 0 Å². The van der Waals surface area contributed by atoms with Crippen LogP contribution in [0.4, 0.5) is 17.1 Å². The summed E-state index contributed by atoms with van der Waals surface area (Å²) < 4.78 is 0. The predicted octanol–water partition coefficient (Wildman–Crippen LogP) is 3.65. The molecule has 0 saturated heterocycles. The second kappa shape index (κ2) is 7.43. The smallest absolute Gasteiger partial charge is 0.0430 e. The molecule has 0 amide bonds. The molecule has 21 heavy (non-hydrogen) atoms.